The van der Waals surface area contributed by atoms with Gasteiger partial charge in [0.15, 0.2) is 0 Å². The van der Waals surface area contributed by atoms with Crippen molar-refractivity contribution >= 4 is 23.8 Å². The van der Waals surface area contributed by atoms with Crippen molar-refractivity contribution in [2.75, 3.05) is 0 Å². The fraction of sp³-hybridized carbons (Fsp3) is 0.100. The van der Waals surface area contributed by atoms with Gasteiger partial charge in [-0.1, -0.05) is 66.7 Å². The molecule has 0 spiro atoms. The lowest BCUT2D eigenvalue weighted by atomic mass is 10.1. The molecule has 0 saturated carbocycles. The second-order valence-electron chi connectivity index (χ2n) is 5.70. The lowest BCUT2D eigenvalue weighted by molar-refractivity contribution is -0.141. The molecular formula is C20H13F6P. The summed E-state index contributed by atoms with van der Waals surface area (Å²) >= 11 is 0. The fourth-order valence-corrected chi connectivity index (χ4v) is 5.44. The summed E-state index contributed by atoms with van der Waals surface area (Å²) in [6.07, 6.45) is -9.80. The number of hydrogen-bond donors (Lipinski definition) is 0. The Kier molecular flexibility index (Phi) is 5.29. The van der Waals surface area contributed by atoms with Crippen molar-refractivity contribution in [2.45, 2.75) is 12.4 Å². The smallest absolute Gasteiger partial charge is 0.166 e. The van der Waals surface area contributed by atoms with Gasteiger partial charge in [-0.3, -0.25) is 0 Å². The van der Waals surface area contributed by atoms with E-state index in [0.29, 0.717) is 22.7 Å². The van der Waals surface area contributed by atoms with Gasteiger partial charge in [-0.25, -0.2) is 0 Å². The maximum Gasteiger partial charge on any atom is 0.417 e. The van der Waals surface area contributed by atoms with E-state index in [1.807, 2.05) is 0 Å². The molecule has 0 bridgehead atoms. The highest BCUT2D eigenvalue weighted by atomic mass is 31.1. The number of halogens is 6. The molecular weight excluding hydrogens is 385 g/mol. The van der Waals surface area contributed by atoms with E-state index in [1.54, 1.807) is 60.7 Å². The minimum Gasteiger partial charge on any atom is -0.166 e. The average Bonchev–Trinajstić information content (AvgIpc) is 2.62. The summed E-state index contributed by atoms with van der Waals surface area (Å²) in [7, 11) is -2.06. The highest BCUT2D eigenvalue weighted by Gasteiger charge is 2.43. The molecule has 0 aliphatic heterocycles. The van der Waals surface area contributed by atoms with Crippen LogP contribution in [0.2, 0.25) is 0 Å². The summed E-state index contributed by atoms with van der Waals surface area (Å²) < 4.78 is 81.9. The Morgan fingerprint density at radius 1 is 0.481 bits per heavy atom. The molecule has 0 heterocycles. The predicted molar refractivity (Wildman–Crippen MR) is 95.2 cm³/mol. The SMILES string of the molecule is FC(F)(F)c1cccc(C(F)(F)F)c1P(c1ccccc1)c1ccccc1. The molecule has 3 aromatic carbocycles. The Hall–Kier alpha value is -2.33. The number of rotatable bonds is 3. The van der Waals surface area contributed by atoms with Crippen molar-refractivity contribution in [1.82, 2.24) is 0 Å². The van der Waals surface area contributed by atoms with Gasteiger partial charge in [0.05, 0.1) is 11.1 Å². The zero-order valence-electron chi connectivity index (χ0n) is 13.7. The Morgan fingerprint density at radius 2 is 0.852 bits per heavy atom. The zero-order chi connectivity index (χ0) is 19.7. The Balaban J connectivity index is 2.39. The second-order valence-corrected chi connectivity index (χ2v) is 7.85. The fourth-order valence-electron chi connectivity index (χ4n) is 2.80. The first kappa shape index (κ1) is 19.4. The van der Waals surface area contributed by atoms with Gasteiger partial charge in [-0.15, -0.1) is 0 Å². The van der Waals surface area contributed by atoms with Crippen molar-refractivity contribution in [3.63, 3.8) is 0 Å². The highest BCUT2D eigenvalue weighted by molar-refractivity contribution is 7.80. The van der Waals surface area contributed by atoms with E-state index in [-0.39, 0.29) is 0 Å². The monoisotopic (exact) mass is 398 g/mol. The van der Waals surface area contributed by atoms with Gasteiger partial charge >= 0.3 is 12.4 Å². The molecule has 3 aromatic rings. The Labute approximate surface area is 153 Å². The number of alkyl halides is 6. The molecule has 0 N–H and O–H groups in total. The normalized spacial score (nSPS) is 12.4. The first-order valence-electron chi connectivity index (χ1n) is 7.87. The van der Waals surface area contributed by atoms with Gasteiger partial charge in [0, 0.05) is 5.30 Å². The quantitative estimate of drug-likeness (QED) is 0.405. The van der Waals surface area contributed by atoms with Crippen LogP contribution in [0.1, 0.15) is 11.1 Å². The van der Waals surface area contributed by atoms with Crippen molar-refractivity contribution in [1.29, 1.82) is 0 Å². The second kappa shape index (κ2) is 7.35. The van der Waals surface area contributed by atoms with Crippen molar-refractivity contribution < 1.29 is 26.3 Å². The number of hydrogen-bond acceptors (Lipinski definition) is 0. The van der Waals surface area contributed by atoms with E-state index in [0.717, 1.165) is 6.07 Å². The van der Waals surface area contributed by atoms with Gasteiger partial charge in [0.2, 0.25) is 0 Å². The average molecular weight is 398 g/mol. The maximum atomic E-state index is 13.7. The Bertz CT molecular complexity index is 830. The van der Waals surface area contributed by atoms with Crippen LogP contribution >= 0.6 is 7.92 Å². The molecule has 0 radical (unpaired) electrons. The predicted octanol–water partition coefficient (Wildman–Crippen LogP) is 5.48. The molecule has 0 atom stereocenters. The summed E-state index contributed by atoms with van der Waals surface area (Å²) in [5, 5.41) is 0.117. The summed E-state index contributed by atoms with van der Waals surface area (Å²) in [5.74, 6) is 0. The molecule has 0 nitrogen and oxygen atoms in total. The zero-order valence-corrected chi connectivity index (χ0v) is 14.6. The van der Waals surface area contributed by atoms with Gasteiger partial charge < -0.3 is 0 Å². The van der Waals surface area contributed by atoms with Crippen LogP contribution in [0.4, 0.5) is 26.3 Å². The van der Waals surface area contributed by atoms with Gasteiger partial charge in [0.25, 0.3) is 0 Å². The molecule has 140 valence electrons. The standard InChI is InChI=1S/C20H13F6P/c21-19(22,23)16-12-7-13-17(20(24,25)26)18(16)27(14-8-3-1-4-9-14)15-10-5-2-6-11-15/h1-13H. The third-order valence-electron chi connectivity index (χ3n) is 3.90. The molecule has 0 fully saturated rings. The van der Waals surface area contributed by atoms with E-state index in [2.05, 4.69) is 0 Å². The van der Waals surface area contributed by atoms with Gasteiger partial charge in [0.1, 0.15) is 0 Å². The van der Waals surface area contributed by atoms with Crippen LogP contribution < -0.4 is 15.9 Å². The number of benzene rings is 3. The van der Waals surface area contributed by atoms with E-state index in [4.69, 9.17) is 0 Å². The molecule has 0 unspecified atom stereocenters. The molecule has 27 heavy (non-hydrogen) atoms. The summed E-state index contributed by atoms with van der Waals surface area (Å²) in [4.78, 5) is 0. The Morgan fingerprint density at radius 3 is 1.19 bits per heavy atom. The maximum absolute atomic E-state index is 13.7. The van der Waals surface area contributed by atoms with Crippen molar-refractivity contribution in [2.24, 2.45) is 0 Å². The molecule has 7 heteroatoms. The molecule has 3 rings (SSSR count). The van der Waals surface area contributed by atoms with E-state index in [1.165, 1.54) is 0 Å². The lowest BCUT2D eigenvalue weighted by Gasteiger charge is -2.26. The molecule has 0 aliphatic rings. The summed E-state index contributed by atoms with van der Waals surface area (Å²) in [6, 6.07) is 18.2. The molecule has 0 saturated heterocycles. The summed E-state index contributed by atoms with van der Waals surface area (Å²) in [5.41, 5.74) is -2.51. The van der Waals surface area contributed by atoms with E-state index in [9.17, 15) is 26.3 Å². The van der Waals surface area contributed by atoms with Gasteiger partial charge in [-0.05, 0) is 30.7 Å². The van der Waals surface area contributed by atoms with Crippen molar-refractivity contribution in [3.05, 3.63) is 90.0 Å². The molecule has 0 aliphatic carbocycles. The first-order valence-corrected chi connectivity index (χ1v) is 9.21. The topological polar surface area (TPSA) is 0 Å². The summed E-state index contributed by atoms with van der Waals surface area (Å²) in [6.45, 7) is 0. The van der Waals surface area contributed by atoms with Crippen molar-refractivity contribution in [3.8, 4) is 0 Å². The highest BCUT2D eigenvalue weighted by Crippen LogP contribution is 2.44. The third kappa shape index (κ3) is 4.16. The van der Waals surface area contributed by atoms with Crippen LogP contribution in [0.5, 0.6) is 0 Å². The molecule has 0 amide bonds. The van der Waals surface area contributed by atoms with Gasteiger partial charge in [-0.2, -0.15) is 26.3 Å². The molecule has 0 aromatic heterocycles. The third-order valence-corrected chi connectivity index (χ3v) is 6.46. The van der Waals surface area contributed by atoms with Crippen LogP contribution in [0, 0.1) is 0 Å². The van der Waals surface area contributed by atoms with Crippen LogP contribution in [0.25, 0.3) is 0 Å². The first-order chi connectivity index (χ1) is 12.7. The van der Waals surface area contributed by atoms with E-state index < -0.39 is 36.7 Å². The van der Waals surface area contributed by atoms with E-state index >= 15 is 0 Å². The largest absolute Gasteiger partial charge is 0.417 e. The van der Waals surface area contributed by atoms with Crippen LogP contribution in [0.15, 0.2) is 78.9 Å². The van der Waals surface area contributed by atoms with Crippen LogP contribution in [-0.4, -0.2) is 0 Å². The minimum atomic E-state index is -4.90. The van der Waals surface area contributed by atoms with Crippen LogP contribution in [-0.2, 0) is 12.4 Å². The lowest BCUT2D eigenvalue weighted by Crippen LogP contribution is -2.32. The van der Waals surface area contributed by atoms with Crippen LogP contribution in [0.3, 0.4) is 0 Å². The minimum absolute atomic E-state index is 0.418.